The second-order valence-corrected chi connectivity index (χ2v) is 27.2. The number of rotatable bonds is 12. The summed E-state index contributed by atoms with van der Waals surface area (Å²) in [6.45, 7) is -0.579. The number of pyridine rings is 1. The summed E-state index contributed by atoms with van der Waals surface area (Å²) in [4.78, 5) is 17.4. The molecule has 0 amide bonds. The maximum atomic E-state index is 8.11. The first kappa shape index (κ1) is 60.0. The van der Waals surface area contributed by atoms with Crippen molar-refractivity contribution in [2.24, 2.45) is 0 Å². The molecule has 0 spiro atoms. The van der Waals surface area contributed by atoms with E-state index < -0.39 is 0 Å². The average Bonchev–Trinajstić information content (AvgIpc) is 1.19. The van der Waals surface area contributed by atoms with Crippen molar-refractivity contribution in [1.29, 1.82) is 0 Å². The zero-order valence-corrected chi connectivity index (χ0v) is 57.0. The lowest BCUT2D eigenvalue weighted by Gasteiger charge is -2.46. The number of anilines is 15. The molecule has 4 aliphatic heterocycles. The monoisotopic (exact) mass is 1340 g/mol. The van der Waals surface area contributed by atoms with E-state index in [9.17, 15) is 0 Å². The van der Waals surface area contributed by atoms with Crippen molar-refractivity contribution in [3.63, 3.8) is 0 Å². The number of benzene rings is 15. The Kier molecular flexibility index (Phi) is 14.0. The van der Waals surface area contributed by atoms with Crippen LogP contribution in [-0.2, 0) is 0 Å². The second-order valence-electron chi connectivity index (χ2n) is 27.2. The van der Waals surface area contributed by atoms with Crippen molar-refractivity contribution >= 4 is 153 Å². The minimum absolute atomic E-state index is 0.271. The van der Waals surface area contributed by atoms with Crippen LogP contribution in [0.1, 0.15) is 0 Å². The molecule has 6 heterocycles. The van der Waals surface area contributed by atoms with Crippen molar-refractivity contribution in [1.82, 2.24) is 4.98 Å². The number of hydrogen-bond acceptors (Lipinski definition) is 8. The fourth-order valence-corrected chi connectivity index (χ4v) is 17.2. The third-order valence-corrected chi connectivity index (χ3v) is 21.5. The van der Waals surface area contributed by atoms with Crippen LogP contribution in [0.4, 0.5) is 85.3 Å². The summed E-state index contributed by atoms with van der Waals surface area (Å²) in [6.07, 6.45) is 1.89. The van der Waals surface area contributed by atoms with Crippen molar-refractivity contribution in [2.45, 2.75) is 0 Å². The lowest BCUT2D eigenvalue weighted by molar-refractivity contribution is 0.488. The van der Waals surface area contributed by atoms with Gasteiger partial charge in [-0.25, -0.2) is 0 Å². The second kappa shape index (κ2) is 24.5. The van der Waals surface area contributed by atoms with Crippen LogP contribution in [0.2, 0.25) is 0 Å². The first-order valence-corrected chi connectivity index (χ1v) is 35.9. The van der Waals surface area contributed by atoms with E-state index in [0.29, 0.717) is 0 Å². The van der Waals surface area contributed by atoms with Crippen molar-refractivity contribution < 1.29 is 9.15 Å². The maximum absolute atomic E-state index is 8.11. The molecule has 15 aromatic carbocycles. The van der Waals surface area contributed by atoms with Gasteiger partial charge in [-0.05, 0) is 159 Å². The van der Waals surface area contributed by atoms with Gasteiger partial charge in [0.1, 0.15) is 22.7 Å². The molecule has 0 saturated heterocycles. The first-order chi connectivity index (χ1) is 52.1. The zero-order chi connectivity index (χ0) is 69.1. The van der Waals surface area contributed by atoms with E-state index >= 15 is 0 Å². The fourth-order valence-electron chi connectivity index (χ4n) is 17.2. The molecule has 105 heavy (non-hydrogen) atoms. The highest BCUT2D eigenvalue weighted by Gasteiger charge is 2.49. The van der Waals surface area contributed by atoms with Gasteiger partial charge < -0.3 is 33.7 Å². The topological polar surface area (TPSA) is 51.5 Å². The number of fused-ring (bicyclic) bond motifs is 11. The first-order valence-electron chi connectivity index (χ1n) is 35.9. The zero-order valence-electron chi connectivity index (χ0n) is 57.0. The normalized spacial score (nSPS) is 12.7. The quantitative estimate of drug-likeness (QED) is 0.112. The van der Waals surface area contributed by atoms with Crippen molar-refractivity contribution in [2.75, 3.05) is 24.5 Å². The average molecular weight is 1340 g/mol. The van der Waals surface area contributed by atoms with E-state index in [1.54, 1.807) is 0 Å². The summed E-state index contributed by atoms with van der Waals surface area (Å²) >= 11 is 0. The van der Waals surface area contributed by atoms with Gasteiger partial charge in [-0.15, -0.1) is 0 Å². The van der Waals surface area contributed by atoms with E-state index in [0.717, 1.165) is 169 Å². The van der Waals surface area contributed by atoms with Gasteiger partial charge >= 0.3 is 0 Å². The van der Waals surface area contributed by atoms with Crippen LogP contribution in [0, 0.1) is 0 Å². The number of nitrogens with zero attached hydrogens (tertiary/aromatic N) is 6. The molecule has 0 bridgehead atoms. The Morgan fingerprint density at radius 3 is 1.44 bits per heavy atom. The molecule has 17 aromatic rings. The van der Waals surface area contributed by atoms with E-state index in [1.165, 1.54) is 16.4 Å². The fraction of sp³-hybridized carbons (Fsp3) is 0. The molecule has 0 N–H and O–H groups in total. The van der Waals surface area contributed by atoms with Crippen molar-refractivity contribution in [3.05, 3.63) is 376 Å². The molecule has 0 atom stereocenters. The number of hydrogen-bond donors (Lipinski definition) is 0. The summed E-state index contributed by atoms with van der Waals surface area (Å²) in [6, 6.07) is 134. The molecular formula is C95H62B2N6O2. The van der Waals surface area contributed by atoms with Gasteiger partial charge in [-0.1, -0.05) is 243 Å². The van der Waals surface area contributed by atoms with Gasteiger partial charge in [0.05, 0.1) is 39.5 Å². The highest BCUT2D eigenvalue weighted by molar-refractivity contribution is 7.02. The van der Waals surface area contributed by atoms with E-state index in [1.807, 2.05) is 18.3 Å². The summed E-state index contributed by atoms with van der Waals surface area (Å²) in [5, 5.41) is 2.06. The van der Waals surface area contributed by atoms with Gasteiger partial charge in [-0.2, -0.15) is 0 Å². The molecule has 0 aliphatic carbocycles. The molecule has 0 unspecified atom stereocenters. The Balaban J connectivity index is 0.886. The lowest BCUT2D eigenvalue weighted by atomic mass is 9.30. The molecule has 21 rings (SSSR count). The van der Waals surface area contributed by atoms with Crippen LogP contribution >= 0.6 is 0 Å². The van der Waals surface area contributed by atoms with Crippen LogP contribution in [-0.4, -0.2) is 18.4 Å². The number of ether oxygens (including phenoxy) is 1. The van der Waals surface area contributed by atoms with Crippen LogP contribution in [0.15, 0.2) is 381 Å². The number of aromatic nitrogens is 1. The molecule has 2 aromatic heterocycles. The number of para-hydroxylation sites is 9. The molecule has 0 saturated carbocycles. The van der Waals surface area contributed by atoms with Gasteiger partial charge in [0, 0.05) is 97.3 Å². The van der Waals surface area contributed by atoms with E-state index in [2.05, 4.69) is 382 Å². The third-order valence-electron chi connectivity index (χ3n) is 21.5. The Hall–Kier alpha value is -13.8. The smallest absolute Gasteiger partial charge is 0.256 e. The van der Waals surface area contributed by atoms with Gasteiger partial charge in [0.2, 0.25) is 0 Å². The maximum Gasteiger partial charge on any atom is 0.256 e. The SMILES string of the molecule is c1ccc(-c2cccc(-c3ccccc3)c2N2c3cc4c(cc3B3c5ccccc5N(c5ccccc5)c5cc(N(c6ccccc6)c6ccccc6)cc2c53)B2c3ccccc3N(c3ccccc3-c3ccccn3)c3cc(N(c5ccccc5)c5cccc6oc7ccccc7c56)cc(c32)O4)cc1. The minimum Gasteiger partial charge on any atom is -0.458 e. The number of furan rings is 1. The van der Waals surface area contributed by atoms with Gasteiger partial charge in [-0.3, -0.25) is 4.98 Å². The predicted octanol–water partition coefficient (Wildman–Crippen LogP) is 21.4. The highest BCUT2D eigenvalue weighted by Crippen LogP contribution is 2.55. The molecule has 0 fully saturated rings. The molecule has 10 heteroatoms. The summed E-state index contributed by atoms with van der Waals surface area (Å²) in [5.74, 6) is 1.53. The minimum atomic E-state index is -0.308. The third kappa shape index (κ3) is 9.61. The predicted molar refractivity (Wildman–Crippen MR) is 437 cm³/mol. The molecule has 4 aliphatic rings. The summed E-state index contributed by atoms with van der Waals surface area (Å²) in [7, 11) is 0. The van der Waals surface area contributed by atoms with Crippen LogP contribution in [0.3, 0.4) is 0 Å². The van der Waals surface area contributed by atoms with E-state index in [-0.39, 0.29) is 13.4 Å². The molecule has 0 radical (unpaired) electrons. The standard InChI is InChI=1S/C95H62B2N6O2/c1-7-31-63(32-8-1)71-45-29-46-72(64-33-9-2-10-34-64)95(71)103-84-62-90-78(61-77(84)96-75-47-21-24-51-81(75)101(68-41-17-6-18-42-68)85-57-69(58-86(103)93(85)96)99(65-35-11-3-12-36-65)66-37-13-4-14-38-66)97-76-48-22-25-52-82(76)102(80-50-23-19-43-73(80)79-49-27-28-56-98-79)87-59-70(60-91(105-90)94(87)97)100(67-39-15-5-16-40-67)83-53-30-55-89-92(83)74-44-20-26-54-88(74)104-89/h1-62H. The highest BCUT2D eigenvalue weighted by atomic mass is 16.5. The summed E-state index contributed by atoms with van der Waals surface area (Å²) in [5.41, 5.74) is 30.2. The summed E-state index contributed by atoms with van der Waals surface area (Å²) < 4.78 is 14.8. The van der Waals surface area contributed by atoms with Gasteiger partial charge in [0.15, 0.2) is 0 Å². The molecule has 8 nitrogen and oxygen atoms in total. The Morgan fingerprint density at radius 1 is 0.295 bits per heavy atom. The molecule has 490 valence electrons. The van der Waals surface area contributed by atoms with E-state index in [4.69, 9.17) is 14.1 Å². The van der Waals surface area contributed by atoms with Crippen LogP contribution < -0.4 is 62.0 Å². The largest absolute Gasteiger partial charge is 0.458 e. The molecular weight excluding hydrogens is 1280 g/mol. The van der Waals surface area contributed by atoms with Gasteiger partial charge in [0.25, 0.3) is 13.4 Å². The van der Waals surface area contributed by atoms with Crippen LogP contribution in [0.25, 0.3) is 55.4 Å². The Morgan fingerprint density at radius 2 is 0.790 bits per heavy atom. The van der Waals surface area contributed by atoms with Crippen molar-refractivity contribution in [3.8, 4) is 45.0 Å². The Bertz CT molecular complexity index is 6150. The Labute approximate surface area is 609 Å². The lowest BCUT2D eigenvalue weighted by Crippen LogP contribution is -2.64. The van der Waals surface area contributed by atoms with Crippen LogP contribution in [0.5, 0.6) is 11.5 Å².